The van der Waals surface area contributed by atoms with E-state index in [9.17, 15) is 19.7 Å². The normalized spacial score (nSPS) is 11.9. The summed E-state index contributed by atoms with van der Waals surface area (Å²) in [6.45, 7) is 12.0. The molecule has 0 saturated heterocycles. The lowest BCUT2D eigenvalue weighted by Crippen LogP contribution is -2.25. The number of benzene rings is 3. The van der Waals surface area contributed by atoms with Crippen molar-refractivity contribution >= 4 is 17.3 Å². The molecule has 0 aromatic heterocycles. The smallest absolute Gasteiger partial charge is 0.269 e. The number of fused-ring (bicyclic) bond motifs is 2. The molecule has 3 aromatic carbocycles. The highest BCUT2D eigenvalue weighted by Crippen LogP contribution is 2.51. The summed E-state index contributed by atoms with van der Waals surface area (Å²) in [5.41, 5.74) is 0.956. The molecule has 0 radical (unpaired) electrons. The number of ketones is 2. The molecule has 282 valence electrons. The van der Waals surface area contributed by atoms with Gasteiger partial charge in [0.05, 0.1) is 49.1 Å². The van der Waals surface area contributed by atoms with Crippen molar-refractivity contribution < 1.29 is 42.9 Å². The van der Waals surface area contributed by atoms with Crippen LogP contribution in [-0.4, -0.2) is 49.5 Å². The number of carbonyl (C=O) groups excluding carboxylic acids is 2. The van der Waals surface area contributed by atoms with Crippen LogP contribution in [0.25, 0.3) is 0 Å². The summed E-state index contributed by atoms with van der Waals surface area (Å²) < 4.78 is 37.8. The Morgan fingerprint density at radius 3 is 1.27 bits per heavy atom. The first kappa shape index (κ1) is 40.0. The molecule has 0 heterocycles. The molecule has 3 aromatic rings. The van der Waals surface area contributed by atoms with E-state index in [4.69, 9.17) is 28.4 Å². The maximum absolute atomic E-state index is 14.8. The minimum absolute atomic E-state index is 0.0485. The quantitative estimate of drug-likeness (QED) is 0.0391. The summed E-state index contributed by atoms with van der Waals surface area (Å²) >= 11 is 0. The topological polar surface area (TPSA) is 133 Å². The van der Waals surface area contributed by atoms with E-state index < -0.39 is 16.5 Å². The Morgan fingerprint density at radius 2 is 0.885 bits per heavy atom. The van der Waals surface area contributed by atoms with Crippen LogP contribution in [0.15, 0.2) is 36.4 Å². The van der Waals surface area contributed by atoms with Gasteiger partial charge in [0, 0.05) is 23.3 Å². The van der Waals surface area contributed by atoms with Gasteiger partial charge in [-0.1, -0.05) is 66.7 Å². The van der Waals surface area contributed by atoms with E-state index in [0.717, 1.165) is 64.2 Å². The molecule has 0 atom stereocenters. The standard InChI is InChI=1S/C41H53NO10/c1-6-11-20-47-32-25-30-34(40(51-24-15-10-5)38(32)49-22-13-8-3)36(43)31-26-33(48-21-12-7-2)39(50-23-14-9-4)41(35(31)37(30)44)52-27-28-16-18-29(19-17-28)42(45)46/h16-19,25-26H,6-15,20-24,27H2,1-5H3. The number of rotatable bonds is 24. The zero-order valence-corrected chi connectivity index (χ0v) is 31.3. The van der Waals surface area contributed by atoms with Gasteiger partial charge in [0.15, 0.2) is 34.6 Å². The summed E-state index contributed by atoms with van der Waals surface area (Å²) in [4.78, 5) is 40.4. The molecule has 0 spiro atoms. The fourth-order valence-electron chi connectivity index (χ4n) is 5.55. The Morgan fingerprint density at radius 1 is 0.519 bits per heavy atom. The van der Waals surface area contributed by atoms with Crippen molar-refractivity contribution in [2.75, 3.05) is 33.0 Å². The first-order valence-electron chi connectivity index (χ1n) is 18.8. The Labute approximate surface area is 307 Å². The molecule has 0 amide bonds. The lowest BCUT2D eigenvalue weighted by atomic mass is 9.82. The maximum atomic E-state index is 14.8. The SMILES string of the molecule is CCCCOc1cc2c(c(OCCCC)c1OCCCC)C(=O)c1cc(OCCCC)c(OCCCC)c(OCc3ccc([N+](=O)[O-])cc3)c1C2=O. The molecule has 11 heteroatoms. The van der Waals surface area contributed by atoms with Crippen LogP contribution in [0.4, 0.5) is 5.69 Å². The summed E-state index contributed by atoms with van der Waals surface area (Å²) in [5, 5.41) is 11.3. The van der Waals surface area contributed by atoms with Gasteiger partial charge in [0.1, 0.15) is 6.61 Å². The lowest BCUT2D eigenvalue weighted by Gasteiger charge is -2.27. The van der Waals surface area contributed by atoms with Crippen molar-refractivity contribution in [3.05, 3.63) is 74.3 Å². The number of unbranched alkanes of at least 4 members (excludes halogenated alkanes) is 5. The first-order valence-corrected chi connectivity index (χ1v) is 18.8. The van der Waals surface area contributed by atoms with Crippen LogP contribution in [0.1, 0.15) is 136 Å². The number of nitro benzene ring substituents is 1. The highest BCUT2D eigenvalue weighted by atomic mass is 16.6. The number of non-ortho nitro benzene ring substituents is 1. The van der Waals surface area contributed by atoms with Crippen LogP contribution < -0.4 is 28.4 Å². The van der Waals surface area contributed by atoms with Crippen molar-refractivity contribution in [1.29, 1.82) is 0 Å². The lowest BCUT2D eigenvalue weighted by molar-refractivity contribution is -0.384. The highest BCUT2D eigenvalue weighted by molar-refractivity contribution is 6.31. The van der Waals surface area contributed by atoms with Gasteiger partial charge < -0.3 is 28.4 Å². The third kappa shape index (κ3) is 9.74. The third-order valence-electron chi connectivity index (χ3n) is 8.62. The molecule has 0 N–H and O–H groups in total. The second kappa shape index (κ2) is 20.3. The Balaban J connectivity index is 1.94. The zero-order valence-electron chi connectivity index (χ0n) is 31.3. The van der Waals surface area contributed by atoms with E-state index in [2.05, 4.69) is 13.8 Å². The van der Waals surface area contributed by atoms with E-state index in [-0.39, 0.29) is 51.8 Å². The molecule has 0 unspecified atom stereocenters. The average Bonchev–Trinajstić information content (AvgIpc) is 3.14. The van der Waals surface area contributed by atoms with Crippen molar-refractivity contribution in [3.63, 3.8) is 0 Å². The van der Waals surface area contributed by atoms with Gasteiger partial charge in [0.25, 0.3) is 5.69 Å². The highest BCUT2D eigenvalue weighted by Gasteiger charge is 2.40. The van der Waals surface area contributed by atoms with Crippen LogP contribution in [0.2, 0.25) is 0 Å². The number of hydrogen-bond acceptors (Lipinski definition) is 10. The van der Waals surface area contributed by atoms with Crippen molar-refractivity contribution in [1.82, 2.24) is 0 Å². The third-order valence-corrected chi connectivity index (χ3v) is 8.62. The summed E-state index contributed by atoms with van der Waals surface area (Å²) in [5.74, 6) is 0.563. The summed E-state index contributed by atoms with van der Waals surface area (Å²) in [7, 11) is 0. The number of ether oxygens (including phenoxy) is 6. The summed E-state index contributed by atoms with van der Waals surface area (Å²) in [6.07, 6.45) is 8.22. The molecule has 0 saturated carbocycles. The van der Waals surface area contributed by atoms with Gasteiger partial charge in [0.2, 0.25) is 11.5 Å². The van der Waals surface area contributed by atoms with Crippen LogP contribution in [0, 0.1) is 10.1 Å². The van der Waals surface area contributed by atoms with Crippen molar-refractivity contribution in [2.24, 2.45) is 0 Å². The Bertz CT molecular complexity index is 1670. The van der Waals surface area contributed by atoms with E-state index >= 15 is 0 Å². The number of nitro groups is 1. The number of nitrogens with zero attached hydrogens (tertiary/aromatic N) is 1. The van der Waals surface area contributed by atoms with E-state index in [0.29, 0.717) is 55.8 Å². The predicted octanol–water partition coefficient (Wildman–Crippen LogP) is 9.84. The molecule has 52 heavy (non-hydrogen) atoms. The van der Waals surface area contributed by atoms with Gasteiger partial charge in [-0.3, -0.25) is 19.7 Å². The average molecular weight is 720 g/mol. The van der Waals surface area contributed by atoms with Crippen LogP contribution in [-0.2, 0) is 6.61 Å². The Hall–Kier alpha value is -4.80. The van der Waals surface area contributed by atoms with Crippen LogP contribution in [0.5, 0.6) is 34.5 Å². The second-order valence-electron chi connectivity index (χ2n) is 12.8. The van der Waals surface area contributed by atoms with Crippen LogP contribution >= 0.6 is 0 Å². The van der Waals surface area contributed by atoms with E-state index in [1.54, 1.807) is 24.3 Å². The zero-order chi connectivity index (χ0) is 37.5. The molecule has 1 aliphatic rings. The van der Waals surface area contributed by atoms with Gasteiger partial charge >= 0.3 is 0 Å². The minimum atomic E-state index is -0.472. The predicted molar refractivity (Wildman–Crippen MR) is 199 cm³/mol. The Kier molecular flexibility index (Phi) is 15.6. The second-order valence-corrected chi connectivity index (χ2v) is 12.8. The monoisotopic (exact) mass is 719 g/mol. The molecular weight excluding hydrogens is 666 g/mol. The fourth-order valence-corrected chi connectivity index (χ4v) is 5.55. The summed E-state index contributed by atoms with van der Waals surface area (Å²) in [6, 6.07) is 9.13. The molecule has 11 nitrogen and oxygen atoms in total. The van der Waals surface area contributed by atoms with Gasteiger partial charge in [-0.25, -0.2) is 0 Å². The van der Waals surface area contributed by atoms with Gasteiger partial charge in [-0.15, -0.1) is 0 Å². The minimum Gasteiger partial charge on any atom is -0.490 e. The van der Waals surface area contributed by atoms with Gasteiger partial charge in [-0.2, -0.15) is 0 Å². The molecule has 0 fully saturated rings. The van der Waals surface area contributed by atoms with E-state index in [1.165, 1.54) is 12.1 Å². The number of carbonyl (C=O) groups is 2. The van der Waals surface area contributed by atoms with Crippen molar-refractivity contribution in [2.45, 2.75) is 105 Å². The van der Waals surface area contributed by atoms with E-state index in [1.807, 2.05) is 20.8 Å². The largest absolute Gasteiger partial charge is 0.490 e. The molecule has 4 rings (SSSR count). The van der Waals surface area contributed by atoms with Crippen LogP contribution in [0.3, 0.4) is 0 Å². The molecule has 1 aliphatic carbocycles. The van der Waals surface area contributed by atoms with Gasteiger partial charge in [-0.05, 0) is 61.9 Å². The maximum Gasteiger partial charge on any atom is 0.269 e. The molecular formula is C41H53NO10. The number of hydrogen-bond donors (Lipinski definition) is 0. The molecule has 0 aliphatic heterocycles. The fraction of sp³-hybridized carbons (Fsp3) is 0.512. The first-order chi connectivity index (χ1) is 25.3. The molecule has 0 bridgehead atoms. The van der Waals surface area contributed by atoms with Crippen molar-refractivity contribution in [3.8, 4) is 34.5 Å².